The van der Waals surface area contributed by atoms with Crippen molar-refractivity contribution in [3.8, 4) is 5.75 Å². The summed E-state index contributed by atoms with van der Waals surface area (Å²) in [6.45, 7) is -2.95. The Balaban J connectivity index is 3.07. The third kappa shape index (κ3) is 3.55. The highest BCUT2D eigenvalue weighted by Crippen LogP contribution is 2.28. The van der Waals surface area contributed by atoms with Gasteiger partial charge >= 0.3 is 6.61 Å². The normalized spacial score (nSPS) is 10.6. The molecular formula is C10H8ClF2IO2. The highest BCUT2D eigenvalue weighted by molar-refractivity contribution is 14.1. The average Bonchev–Trinajstić information content (AvgIpc) is 2.20. The molecule has 6 heteroatoms. The Bertz CT molecular complexity index is 385. The molecular weight excluding hydrogens is 352 g/mol. The highest BCUT2D eigenvalue weighted by Gasteiger charge is 2.17. The summed E-state index contributed by atoms with van der Waals surface area (Å²) in [5.74, 6) is -0.226. The first-order valence-electron chi connectivity index (χ1n) is 4.38. The molecule has 0 aliphatic rings. The number of alkyl halides is 3. The lowest BCUT2D eigenvalue weighted by atomic mass is 10.1. The number of carbonyl (C=O) groups excluding carboxylic acids is 1. The van der Waals surface area contributed by atoms with Crippen molar-refractivity contribution in [1.82, 2.24) is 0 Å². The molecule has 0 radical (unpaired) electrons. The summed E-state index contributed by atoms with van der Waals surface area (Å²) in [5.41, 5.74) is 0.146. The number of rotatable bonds is 5. The van der Waals surface area contributed by atoms with E-state index in [9.17, 15) is 13.6 Å². The Labute approximate surface area is 110 Å². The highest BCUT2D eigenvalue weighted by atomic mass is 127. The van der Waals surface area contributed by atoms with Crippen LogP contribution < -0.4 is 4.74 Å². The molecule has 1 rings (SSSR count). The number of halogens is 4. The third-order valence-corrected chi connectivity index (χ3v) is 2.83. The van der Waals surface area contributed by atoms with Crippen LogP contribution in [0.25, 0.3) is 0 Å². The summed E-state index contributed by atoms with van der Waals surface area (Å²) in [4.78, 5) is 11.6. The monoisotopic (exact) mass is 360 g/mol. The molecule has 0 fully saturated rings. The first-order chi connectivity index (χ1) is 7.56. The van der Waals surface area contributed by atoms with Crippen molar-refractivity contribution in [3.05, 3.63) is 27.3 Å². The molecule has 0 N–H and O–H groups in total. The molecule has 0 amide bonds. The minimum atomic E-state index is -2.95. The van der Waals surface area contributed by atoms with E-state index < -0.39 is 6.61 Å². The molecule has 0 aliphatic carbocycles. The van der Waals surface area contributed by atoms with E-state index in [0.29, 0.717) is 3.57 Å². The Morgan fingerprint density at radius 2 is 2.19 bits per heavy atom. The second kappa shape index (κ2) is 6.34. The zero-order chi connectivity index (χ0) is 12.1. The minimum absolute atomic E-state index is 0.0757. The van der Waals surface area contributed by atoms with Gasteiger partial charge in [0.25, 0.3) is 0 Å². The Morgan fingerprint density at radius 1 is 1.50 bits per heavy atom. The maximum atomic E-state index is 12.2. The quantitative estimate of drug-likeness (QED) is 0.455. The molecule has 1 aromatic carbocycles. The number of ether oxygens (including phenoxy) is 1. The topological polar surface area (TPSA) is 26.3 Å². The number of ketones is 1. The Hall–Kier alpha value is -0.430. The molecule has 0 atom stereocenters. The largest absolute Gasteiger partial charge is 0.433 e. The summed E-state index contributed by atoms with van der Waals surface area (Å²) in [5, 5.41) is 0. The van der Waals surface area contributed by atoms with Gasteiger partial charge in [0, 0.05) is 12.3 Å². The zero-order valence-electron chi connectivity index (χ0n) is 8.05. The van der Waals surface area contributed by atoms with Gasteiger partial charge in [-0.05, 0) is 34.7 Å². The van der Waals surface area contributed by atoms with Crippen molar-refractivity contribution >= 4 is 40.0 Å². The number of para-hydroxylation sites is 1. The lowest BCUT2D eigenvalue weighted by Crippen LogP contribution is -2.09. The second-order valence-electron chi connectivity index (χ2n) is 2.86. The maximum absolute atomic E-state index is 12.2. The fourth-order valence-corrected chi connectivity index (χ4v) is 1.95. The molecule has 0 saturated carbocycles. The van der Waals surface area contributed by atoms with Crippen LogP contribution in [0.3, 0.4) is 0 Å². The molecule has 0 aliphatic heterocycles. The number of hydrogen-bond acceptors (Lipinski definition) is 2. The van der Waals surface area contributed by atoms with E-state index in [-0.39, 0.29) is 29.4 Å². The SMILES string of the molecule is O=C(CCCl)c1cccc(I)c1OC(F)F. The van der Waals surface area contributed by atoms with Gasteiger partial charge in [0.15, 0.2) is 5.78 Å². The molecule has 88 valence electrons. The number of Topliss-reactive ketones (excluding diaryl/α,β-unsaturated/α-hetero) is 1. The van der Waals surface area contributed by atoms with Gasteiger partial charge in [0.1, 0.15) is 5.75 Å². The van der Waals surface area contributed by atoms with Crippen molar-refractivity contribution < 1.29 is 18.3 Å². The maximum Gasteiger partial charge on any atom is 0.387 e. The van der Waals surface area contributed by atoms with Gasteiger partial charge in [-0.3, -0.25) is 4.79 Å². The fourth-order valence-electron chi connectivity index (χ4n) is 1.16. The van der Waals surface area contributed by atoms with Crippen LogP contribution in [0.2, 0.25) is 0 Å². The molecule has 0 spiro atoms. The standard InChI is InChI=1S/C10H8ClF2IO2/c11-5-4-8(15)6-2-1-3-7(14)9(6)16-10(12)13/h1-3,10H,4-5H2. The van der Waals surface area contributed by atoms with Gasteiger partial charge in [0.05, 0.1) is 9.13 Å². The van der Waals surface area contributed by atoms with E-state index in [1.54, 1.807) is 12.1 Å². The molecule has 0 aromatic heterocycles. The van der Waals surface area contributed by atoms with Crippen molar-refractivity contribution in [1.29, 1.82) is 0 Å². The van der Waals surface area contributed by atoms with Gasteiger partial charge in [-0.15, -0.1) is 11.6 Å². The van der Waals surface area contributed by atoms with Crippen LogP contribution in [-0.2, 0) is 0 Å². The Kier molecular flexibility index (Phi) is 5.40. The molecule has 16 heavy (non-hydrogen) atoms. The van der Waals surface area contributed by atoms with Crippen molar-refractivity contribution in [3.63, 3.8) is 0 Å². The fraction of sp³-hybridized carbons (Fsp3) is 0.300. The van der Waals surface area contributed by atoms with E-state index in [2.05, 4.69) is 4.74 Å². The molecule has 2 nitrogen and oxygen atoms in total. The van der Waals surface area contributed by atoms with Crippen LogP contribution >= 0.6 is 34.2 Å². The number of benzene rings is 1. The first kappa shape index (κ1) is 13.6. The number of hydrogen-bond donors (Lipinski definition) is 0. The molecule has 0 bridgehead atoms. The zero-order valence-corrected chi connectivity index (χ0v) is 11.0. The smallest absolute Gasteiger partial charge is 0.387 e. The Morgan fingerprint density at radius 3 is 2.75 bits per heavy atom. The van der Waals surface area contributed by atoms with Crippen LogP contribution in [0.5, 0.6) is 5.75 Å². The van der Waals surface area contributed by atoms with Crippen LogP contribution in [-0.4, -0.2) is 18.3 Å². The molecule has 1 aromatic rings. The predicted molar refractivity (Wildman–Crippen MR) is 65.5 cm³/mol. The van der Waals surface area contributed by atoms with Crippen LogP contribution in [0.15, 0.2) is 18.2 Å². The van der Waals surface area contributed by atoms with Gasteiger partial charge in [-0.2, -0.15) is 8.78 Å². The molecule has 0 unspecified atom stereocenters. The summed E-state index contributed by atoms with van der Waals surface area (Å²) >= 11 is 7.27. The lowest BCUT2D eigenvalue weighted by molar-refractivity contribution is -0.0507. The third-order valence-electron chi connectivity index (χ3n) is 1.80. The first-order valence-corrected chi connectivity index (χ1v) is 6.00. The van der Waals surface area contributed by atoms with E-state index >= 15 is 0 Å². The molecule has 0 heterocycles. The summed E-state index contributed by atoms with van der Waals surface area (Å²) in [6, 6.07) is 4.66. The summed E-state index contributed by atoms with van der Waals surface area (Å²) in [6.07, 6.45) is 0.0985. The predicted octanol–water partition coefficient (Wildman–Crippen LogP) is 3.70. The van der Waals surface area contributed by atoms with Gasteiger partial charge in [-0.1, -0.05) is 6.07 Å². The van der Waals surface area contributed by atoms with Crippen molar-refractivity contribution in [2.24, 2.45) is 0 Å². The van der Waals surface area contributed by atoms with E-state index in [1.165, 1.54) is 6.07 Å². The van der Waals surface area contributed by atoms with E-state index in [0.717, 1.165) is 0 Å². The van der Waals surface area contributed by atoms with E-state index in [4.69, 9.17) is 11.6 Å². The second-order valence-corrected chi connectivity index (χ2v) is 4.40. The summed E-state index contributed by atoms with van der Waals surface area (Å²) < 4.78 is 29.1. The van der Waals surface area contributed by atoms with Gasteiger partial charge in [-0.25, -0.2) is 0 Å². The van der Waals surface area contributed by atoms with Crippen LogP contribution in [0.1, 0.15) is 16.8 Å². The van der Waals surface area contributed by atoms with E-state index in [1.807, 2.05) is 22.6 Å². The van der Waals surface area contributed by atoms with Crippen LogP contribution in [0, 0.1) is 3.57 Å². The van der Waals surface area contributed by atoms with Crippen molar-refractivity contribution in [2.75, 3.05) is 5.88 Å². The lowest BCUT2D eigenvalue weighted by Gasteiger charge is -2.11. The minimum Gasteiger partial charge on any atom is -0.433 e. The molecule has 0 saturated heterocycles. The van der Waals surface area contributed by atoms with Crippen molar-refractivity contribution in [2.45, 2.75) is 13.0 Å². The van der Waals surface area contributed by atoms with Gasteiger partial charge < -0.3 is 4.74 Å². The van der Waals surface area contributed by atoms with Gasteiger partial charge in [0.2, 0.25) is 0 Å². The van der Waals surface area contributed by atoms with Crippen LogP contribution in [0.4, 0.5) is 8.78 Å². The number of carbonyl (C=O) groups is 1. The summed E-state index contributed by atoms with van der Waals surface area (Å²) in [7, 11) is 0. The average molecular weight is 361 g/mol.